The van der Waals surface area contributed by atoms with Crippen molar-refractivity contribution in [1.82, 2.24) is 0 Å². The number of methoxy groups -OCH3 is 1. The van der Waals surface area contributed by atoms with E-state index in [1.54, 1.807) is 12.1 Å². The predicted molar refractivity (Wildman–Crippen MR) is 145 cm³/mol. The summed E-state index contributed by atoms with van der Waals surface area (Å²) in [7, 11) is 1.46. The van der Waals surface area contributed by atoms with Crippen molar-refractivity contribution in [2.24, 2.45) is 17.8 Å². The lowest BCUT2D eigenvalue weighted by Crippen LogP contribution is -2.39. The zero-order valence-corrected chi connectivity index (χ0v) is 22.7. The number of benzene rings is 2. The van der Waals surface area contributed by atoms with Crippen molar-refractivity contribution >= 4 is 51.0 Å². The predicted octanol–water partition coefficient (Wildman–Crippen LogP) is 4.07. The number of amides is 2. The fourth-order valence-corrected chi connectivity index (χ4v) is 6.94. The molecule has 1 fully saturated rings. The van der Waals surface area contributed by atoms with Crippen molar-refractivity contribution in [3.63, 3.8) is 0 Å². The normalized spacial score (nSPS) is 25.7. The monoisotopic (exact) mass is 603 g/mol. The van der Waals surface area contributed by atoms with E-state index < -0.39 is 41.5 Å². The van der Waals surface area contributed by atoms with E-state index in [0.29, 0.717) is 16.9 Å². The van der Waals surface area contributed by atoms with Crippen LogP contribution in [-0.2, 0) is 19.2 Å². The minimum atomic E-state index is -1.18. The number of allylic oxidation sites excluding steroid dienone is 6. The van der Waals surface area contributed by atoms with Gasteiger partial charge in [-0.25, -0.2) is 4.79 Å². The molecule has 2 aromatic rings. The second-order valence-corrected chi connectivity index (χ2v) is 11.0. The Morgan fingerprint density at radius 3 is 2.52 bits per heavy atom. The van der Waals surface area contributed by atoms with Crippen LogP contribution in [0, 0.1) is 17.8 Å². The third kappa shape index (κ3) is 3.77. The van der Waals surface area contributed by atoms with Crippen molar-refractivity contribution in [3.8, 4) is 11.5 Å². The van der Waals surface area contributed by atoms with Crippen LogP contribution in [0.2, 0.25) is 0 Å². The number of rotatable bonds is 4. The molecule has 202 valence electrons. The summed E-state index contributed by atoms with van der Waals surface area (Å²) in [6.07, 6.45) is 3.36. The van der Waals surface area contributed by atoms with Crippen molar-refractivity contribution in [1.29, 1.82) is 0 Å². The molecule has 4 atom stereocenters. The molecular formula is C30H22BrNO8. The highest BCUT2D eigenvalue weighted by Gasteiger charge is 2.57. The molecule has 6 rings (SSSR count). The number of imide groups is 1. The van der Waals surface area contributed by atoms with E-state index in [-0.39, 0.29) is 57.0 Å². The lowest BCUT2D eigenvalue weighted by Gasteiger charge is -2.42. The Bertz CT molecular complexity index is 1650. The van der Waals surface area contributed by atoms with E-state index in [1.165, 1.54) is 43.5 Å². The summed E-state index contributed by atoms with van der Waals surface area (Å²) in [5, 5.41) is 20.4. The topological polar surface area (TPSA) is 138 Å². The van der Waals surface area contributed by atoms with Gasteiger partial charge < -0.3 is 14.9 Å². The van der Waals surface area contributed by atoms with Crippen molar-refractivity contribution in [3.05, 3.63) is 86.9 Å². The number of ketones is 2. The summed E-state index contributed by atoms with van der Waals surface area (Å²) < 4.78 is 5.32. The fourth-order valence-electron chi connectivity index (χ4n) is 6.49. The molecule has 3 aliphatic carbocycles. The highest BCUT2D eigenvalue weighted by molar-refractivity contribution is 9.12. The molecule has 2 N–H and O–H groups in total. The number of carbonyl (C=O) groups is 5. The number of hydrogen-bond donors (Lipinski definition) is 2. The van der Waals surface area contributed by atoms with Crippen LogP contribution >= 0.6 is 15.9 Å². The zero-order chi connectivity index (χ0) is 28.5. The minimum absolute atomic E-state index is 0.0581. The fraction of sp³-hybridized carbons (Fsp3) is 0.233. The van der Waals surface area contributed by atoms with Crippen molar-refractivity contribution in [2.45, 2.75) is 18.8 Å². The quantitative estimate of drug-likeness (QED) is 0.303. The first-order chi connectivity index (χ1) is 19.1. The van der Waals surface area contributed by atoms with Gasteiger partial charge in [0, 0.05) is 34.8 Å². The number of aromatic hydroxyl groups is 1. The highest BCUT2D eigenvalue weighted by Crippen LogP contribution is 2.56. The van der Waals surface area contributed by atoms with E-state index in [9.17, 15) is 34.2 Å². The number of ether oxygens (including phenoxy) is 1. The molecule has 0 saturated carbocycles. The van der Waals surface area contributed by atoms with Gasteiger partial charge in [0.1, 0.15) is 11.5 Å². The lowest BCUT2D eigenvalue weighted by molar-refractivity contribution is -0.123. The largest absolute Gasteiger partial charge is 0.507 e. The molecule has 0 bridgehead atoms. The van der Waals surface area contributed by atoms with Crippen LogP contribution in [0.1, 0.15) is 34.7 Å². The molecule has 0 spiro atoms. The maximum Gasteiger partial charge on any atom is 0.335 e. The standard InChI is InChI=1S/C30H22BrNO8/c1-40-15-5-6-17(22(33)10-15)24-16-7-8-18-25(19(16)11-20-26(24)23(34)12-21(31)27(20)35)29(37)32(28(18)36)14-4-2-3-13(9-14)30(38)39/h2-7,9-10,12,18-19,24-25,33H,8,11H2,1H3,(H,38,39)/t18-,19+,24+,25-/m0/s1. The van der Waals surface area contributed by atoms with E-state index in [1.807, 2.05) is 6.08 Å². The summed E-state index contributed by atoms with van der Waals surface area (Å²) >= 11 is 3.19. The zero-order valence-electron chi connectivity index (χ0n) is 21.1. The average molecular weight is 604 g/mol. The molecule has 0 radical (unpaired) electrons. The minimum Gasteiger partial charge on any atom is -0.507 e. The summed E-state index contributed by atoms with van der Waals surface area (Å²) in [5.41, 5.74) is 1.68. The molecule has 1 aliphatic heterocycles. The number of phenolic OH excluding ortho intramolecular Hbond substituents is 1. The molecule has 0 unspecified atom stereocenters. The van der Waals surface area contributed by atoms with Gasteiger partial charge in [0.2, 0.25) is 11.8 Å². The first-order valence-corrected chi connectivity index (χ1v) is 13.4. The molecule has 1 saturated heterocycles. The van der Waals surface area contributed by atoms with E-state index in [0.717, 1.165) is 4.90 Å². The van der Waals surface area contributed by atoms with E-state index in [2.05, 4.69) is 15.9 Å². The summed E-state index contributed by atoms with van der Waals surface area (Å²) in [6, 6.07) is 10.4. The Hall–Kier alpha value is -4.31. The first-order valence-electron chi connectivity index (χ1n) is 12.6. The van der Waals surface area contributed by atoms with Crippen LogP contribution in [0.15, 0.2) is 75.8 Å². The summed E-state index contributed by atoms with van der Waals surface area (Å²) in [4.78, 5) is 66.7. The van der Waals surface area contributed by atoms with Gasteiger partial charge in [-0.2, -0.15) is 0 Å². The summed E-state index contributed by atoms with van der Waals surface area (Å²) in [6.45, 7) is 0. The Labute approximate surface area is 236 Å². The number of halogens is 1. The van der Waals surface area contributed by atoms with Crippen LogP contribution in [0.5, 0.6) is 11.5 Å². The lowest BCUT2D eigenvalue weighted by atomic mass is 9.59. The number of aromatic carboxylic acids is 1. The first kappa shape index (κ1) is 25.9. The molecule has 2 amide bonds. The van der Waals surface area contributed by atoms with Gasteiger partial charge in [0.25, 0.3) is 0 Å². The number of Topliss-reactive ketones (excluding diaryl/α,β-unsaturated/α-hetero) is 1. The number of hydrogen-bond acceptors (Lipinski definition) is 7. The maximum absolute atomic E-state index is 13.9. The Morgan fingerprint density at radius 1 is 1.05 bits per heavy atom. The molecule has 2 aromatic carbocycles. The Kier molecular flexibility index (Phi) is 6.10. The average Bonchev–Trinajstić information content (AvgIpc) is 3.20. The SMILES string of the molecule is COc1ccc([C@H]2C3=CC[C@@H]4C(=O)N(c5cccc(C(=O)O)c5)C(=O)[C@@H]4[C@@H]3CC3=C2C(=O)C=C(Br)C3=O)c(O)c1. The Morgan fingerprint density at radius 2 is 1.82 bits per heavy atom. The molecule has 4 aliphatic rings. The second kappa shape index (κ2) is 9.41. The second-order valence-electron chi connectivity index (χ2n) is 10.2. The number of carboxylic acid groups (broad SMARTS) is 1. The van der Waals surface area contributed by atoms with Gasteiger partial charge in [-0.1, -0.05) is 23.8 Å². The van der Waals surface area contributed by atoms with Gasteiger partial charge >= 0.3 is 5.97 Å². The molecule has 1 heterocycles. The van der Waals surface area contributed by atoms with Crippen LogP contribution in [0.3, 0.4) is 0 Å². The number of carbonyl (C=O) groups excluding carboxylic acids is 4. The number of anilines is 1. The van der Waals surface area contributed by atoms with Crippen LogP contribution < -0.4 is 9.64 Å². The van der Waals surface area contributed by atoms with Gasteiger partial charge in [0.15, 0.2) is 11.6 Å². The van der Waals surface area contributed by atoms with Gasteiger partial charge in [-0.3, -0.25) is 24.1 Å². The highest BCUT2D eigenvalue weighted by atomic mass is 79.9. The van der Waals surface area contributed by atoms with Gasteiger partial charge in [-0.05, 0) is 59.0 Å². The van der Waals surface area contributed by atoms with Gasteiger partial charge in [0.05, 0.1) is 34.7 Å². The van der Waals surface area contributed by atoms with Crippen LogP contribution in [0.25, 0.3) is 0 Å². The molecule has 9 nitrogen and oxygen atoms in total. The van der Waals surface area contributed by atoms with E-state index >= 15 is 0 Å². The van der Waals surface area contributed by atoms with Gasteiger partial charge in [-0.15, -0.1) is 0 Å². The molecule has 10 heteroatoms. The molecule has 0 aromatic heterocycles. The smallest absolute Gasteiger partial charge is 0.335 e. The maximum atomic E-state index is 13.9. The third-order valence-electron chi connectivity index (χ3n) is 8.23. The van der Waals surface area contributed by atoms with Crippen molar-refractivity contribution in [2.75, 3.05) is 12.0 Å². The van der Waals surface area contributed by atoms with Crippen molar-refractivity contribution < 1.29 is 38.9 Å². The number of carboxylic acids is 1. The van der Waals surface area contributed by atoms with Crippen LogP contribution in [0.4, 0.5) is 5.69 Å². The molecular weight excluding hydrogens is 582 g/mol. The third-order valence-corrected chi connectivity index (χ3v) is 8.82. The Balaban J connectivity index is 1.48. The number of nitrogens with zero attached hydrogens (tertiary/aromatic N) is 1. The number of fused-ring (bicyclic) bond motifs is 3. The van der Waals surface area contributed by atoms with E-state index in [4.69, 9.17) is 4.74 Å². The number of phenols is 1. The molecule has 40 heavy (non-hydrogen) atoms. The van der Waals surface area contributed by atoms with Crippen LogP contribution in [-0.4, -0.2) is 46.7 Å². The summed E-state index contributed by atoms with van der Waals surface area (Å²) in [5.74, 6) is -5.52.